The zero-order valence-corrected chi connectivity index (χ0v) is 8.23. The van der Waals surface area contributed by atoms with Gasteiger partial charge in [-0.1, -0.05) is 64.2 Å². The summed E-state index contributed by atoms with van der Waals surface area (Å²) in [6.07, 6.45) is 15.4. The van der Waals surface area contributed by atoms with E-state index < -0.39 is 0 Å². The van der Waals surface area contributed by atoms with Gasteiger partial charge in [0.15, 0.2) is 0 Å². The highest BCUT2D eigenvalue weighted by atomic mass is 14.3. The minimum absolute atomic E-state index is 0. The van der Waals surface area contributed by atoms with Gasteiger partial charge in [0.2, 0.25) is 0 Å². The molecular weight excluding hydrogens is 155 g/mol. The van der Waals surface area contributed by atoms with Gasteiger partial charge in [-0.25, -0.2) is 0 Å². The molecule has 0 heterocycles. The first kappa shape index (κ1) is 11.1. The quantitative estimate of drug-likeness (QED) is 0.544. The van der Waals surface area contributed by atoms with Crippen LogP contribution < -0.4 is 0 Å². The number of hydrogen-bond donors (Lipinski definition) is 0. The van der Waals surface area contributed by atoms with E-state index in [0.717, 1.165) is 11.8 Å². The van der Waals surface area contributed by atoms with Gasteiger partial charge in [-0.05, 0) is 11.8 Å². The summed E-state index contributed by atoms with van der Waals surface area (Å²) in [7, 11) is 0. The third-order valence-electron chi connectivity index (χ3n) is 3.97. The molecule has 2 saturated carbocycles. The van der Waals surface area contributed by atoms with Crippen LogP contribution in [0.4, 0.5) is 0 Å². The summed E-state index contributed by atoms with van der Waals surface area (Å²) in [4.78, 5) is 0. The minimum Gasteiger partial charge on any atom is -0.0533 e. The Balaban J connectivity index is 0.000000845. The molecule has 0 aliphatic heterocycles. The van der Waals surface area contributed by atoms with E-state index >= 15 is 0 Å². The van der Waals surface area contributed by atoms with Crippen LogP contribution in [0.1, 0.15) is 64.2 Å². The Labute approximate surface area is 85.1 Å². The lowest BCUT2D eigenvalue weighted by atomic mass is 9.73. The monoisotopic (exact) mass is 180 g/mol. The molecule has 0 aromatic heterocycles. The van der Waals surface area contributed by atoms with Gasteiger partial charge in [0.05, 0.1) is 8.41 Å². The second-order valence-corrected chi connectivity index (χ2v) is 4.80. The smallest absolute Gasteiger partial charge is 0.0533 e. The van der Waals surface area contributed by atoms with Gasteiger partial charge in [0, 0.05) is 0 Å². The number of rotatable bonds is 1. The van der Waals surface area contributed by atoms with Gasteiger partial charge >= 0.3 is 0 Å². The van der Waals surface area contributed by atoms with E-state index in [4.69, 9.17) is 0 Å². The van der Waals surface area contributed by atoms with E-state index in [2.05, 4.69) is 0 Å². The molecule has 0 spiro atoms. The first-order chi connectivity index (χ1) is 5.97. The zero-order chi connectivity index (χ0) is 8.23. The molecule has 2 rings (SSSR count). The van der Waals surface area contributed by atoms with Crippen LogP contribution in [0.15, 0.2) is 0 Å². The average Bonchev–Trinajstić information content (AvgIpc) is 2.21. The highest BCUT2D eigenvalue weighted by molar-refractivity contribution is 5.75. The first-order valence-corrected chi connectivity index (χ1v) is 5.97. The summed E-state index contributed by atoms with van der Waals surface area (Å²) in [5, 5.41) is 0. The van der Waals surface area contributed by atoms with Crippen molar-refractivity contribution in [3.8, 4) is 0 Å². The Morgan fingerprint density at radius 3 is 1.08 bits per heavy atom. The molecule has 0 radical (unpaired) electrons. The lowest BCUT2D eigenvalue weighted by Gasteiger charge is -2.32. The summed E-state index contributed by atoms with van der Waals surface area (Å²) in [5.41, 5.74) is 0. The van der Waals surface area contributed by atoms with E-state index in [-0.39, 0.29) is 8.41 Å². The minimum atomic E-state index is 0. The second kappa shape index (κ2) is 5.72. The van der Waals surface area contributed by atoms with E-state index in [9.17, 15) is 0 Å². The fourth-order valence-corrected chi connectivity index (χ4v) is 3.21. The maximum Gasteiger partial charge on any atom is 0.0814 e. The molecule has 13 heavy (non-hydrogen) atoms. The van der Waals surface area contributed by atoms with Crippen LogP contribution in [0, 0.1) is 11.8 Å². The molecule has 1 heteroatoms. The average molecular weight is 180 g/mol. The Hall–Kier alpha value is 0.0649. The lowest BCUT2D eigenvalue weighted by Crippen LogP contribution is -2.20. The van der Waals surface area contributed by atoms with Gasteiger partial charge in [-0.15, -0.1) is 0 Å². The molecule has 0 saturated heterocycles. The molecule has 0 nitrogen and oxygen atoms in total. The second-order valence-electron chi connectivity index (χ2n) is 4.80. The van der Waals surface area contributed by atoms with Crippen LogP contribution in [0.2, 0.25) is 0 Å². The molecule has 2 fully saturated rings. The SMILES string of the molecule is B.C1CCC(C2CCCCC2)CC1. The summed E-state index contributed by atoms with van der Waals surface area (Å²) >= 11 is 0. The fourth-order valence-electron chi connectivity index (χ4n) is 3.21. The van der Waals surface area contributed by atoms with Crippen molar-refractivity contribution in [2.45, 2.75) is 64.2 Å². The molecular formula is C12H25B. The molecule has 0 amide bonds. The molecule has 0 atom stereocenters. The molecule has 76 valence electrons. The van der Waals surface area contributed by atoms with Crippen molar-refractivity contribution in [2.75, 3.05) is 0 Å². The van der Waals surface area contributed by atoms with Crippen LogP contribution in [0.3, 0.4) is 0 Å². The number of hydrogen-bond acceptors (Lipinski definition) is 0. The van der Waals surface area contributed by atoms with E-state index in [1.807, 2.05) is 0 Å². The first-order valence-electron chi connectivity index (χ1n) is 5.97. The maximum atomic E-state index is 1.56. The summed E-state index contributed by atoms with van der Waals surface area (Å²) in [6.45, 7) is 0. The third-order valence-corrected chi connectivity index (χ3v) is 3.97. The fraction of sp³-hybridized carbons (Fsp3) is 1.00. The van der Waals surface area contributed by atoms with E-state index in [1.165, 1.54) is 38.5 Å². The maximum absolute atomic E-state index is 1.56. The predicted octanol–water partition coefficient (Wildman–Crippen LogP) is 2.96. The highest BCUT2D eigenvalue weighted by Crippen LogP contribution is 2.37. The molecule has 0 bridgehead atoms. The van der Waals surface area contributed by atoms with Crippen molar-refractivity contribution in [3.05, 3.63) is 0 Å². The van der Waals surface area contributed by atoms with Gasteiger partial charge in [-0.2, -0.15) is 0 Å². The van der Waals surface area contributed by atoms with Crippen molar-refractivity contribution in [1.29, 1.82) is 0 Å². The van der Waals surface area contributed by atoms with E-state index in [0.29, 0.717) is 0 Å². The van der Waals surface area contributed by atoms with Gasteiger partial charge in [0.25, 0.3) is 0 Å². The van der Waals surface area contributed by atoms with Crippen LogP contribution in [-0.2, 0) is 0 Å². The van der Waals surface area contributed by atoms with Crippen LogP contribution in [-0.4, -0.2) is 8.41 Å². The largest absolute Gasteiger partial charge is 0.0814 e. The molecule has 0 unspecified atom stereocenters. The van der Waals surface area contributed by atoms with Crippen molar-refractivity contribution in [1.82, 2.24) is 0 Å². The highest BCUT2D eigenvalue weighted by Gasteiger charge is 2.24. The van der Waals surface area contributed by atoms with Crippen LogP contribution >= 0.6 is 0 Å². The van der Waals surface area contributed by atoms with Gasteiger partial charge in [-0.3, -0.25) is 0 Å². The topological polar surface area (TPSA) is 0 Å². The normalized spacial score (nSPS) is 26.8. The van der Waals surface area contributed by atoms with E-state index in [1.54, 1.807) is 25.7 Å². The molecule has 0 aromatic carbocycles. The van der Waals surface area contributed by atoms with Crippen molar-refractivity contribution in [3.63, 3.8) is 0 Å². The van der Waals surface area contributed by atoms with Crippen LogP contribution in [0.5, 0.6) is 0 Å². The Kier molecular flexibility index (Phi) is 4.91. The Bertz CT molecular complexity index is 105. The van der Waals surface area contributed by atoms with Crippen molar-refractivity contribution in [2.24, 2.45) is 11.8 Å². The molecule has 2 aliphatic carbocycles. The summed E-state index contributed by atoms with van der Waals surface area (Å²) < 4.78 is 0. The third kappa shape index (κ3) is 3.04. The van der Waals surface area contributed by atoms with Crippen LogP contribution in [0.25, 0.3) is 0 Å². The molecule has 2 aliphatic rings. The Morgan fingerprint density at radius 2 is 0.769 bits per heavy atom. The molecule has 0 aromatic rings. The van der Waals surface area contributed by atoms with Crippen molar-refractivity contribution >= 4 is 8.41 Å². The molecule has 0 N–H and O–H groups in total. The Morgan fingerprint density at radius 1 is 0.462 bits per heavy atom. The lowest BCUT2D eigenvalue weighted by molar-refractivity contribution is 0.196. The summed E-state index contributed by atoms with van der Waals surface area (Å²) in [5.74, 6) is 2.28. The summed E-state index contributed by atoms with van der Waals surface area (Å²) in [6, 6.07) is 0. The van der Waals surface area contributed by atoms with Gasteiger partial charge < -0.3 is 0 Å². The predicted molar refractivity (Wildman–Crippen MR) is 63.1 cm³/mol. The van der Waals surface area contributed by atoms with Gasteiger partial charge in [0.1, 0.15) is 0 Å². The standard InChI is InChI=1S/C12H22.BH3/c1-3-7-11(8-4-1)12-9-5-2-6-10-12;/h11-12H,1-10H2;1H3. The zero-order valence-electron chi connectivity index (χ0n) is 8.23. The van der Waals surface area contributed by atoms with Crippen molar-refractivity contribution < 1.29 is 0 Å².